The number of fused-ring (bicyclic) bond motifs is 8. The highest BCUT2D eigenvalue weighted by Crippen LogP contribution is 2.59. The van der Waals surface area contributed by atoms with Crippen molar-refractivity contribution in [2.75, 3.05) is 9.80 Å². The molecule has 2 heteroatoms. The molecule has 0 unspecified atom stereocenters. The summed E-state index contributed by atoms with van der Waals surface area (Å²) in [6.07, 6.45) is 4.19. The zero-order valence-corrected chi connectivity index (χ0v) is 39.7. The number of rotatable bonds is 8. The second-order valence-corrected chi connectivity index (χ2v) is 19.7. The molecule has 2 aliphatic rings. The molecule has 63 heavy (non-hydrogen) atoms. The van der Waals surface area contributed by atoms with E-state index >= 15 is 0 Å². The molecule has 0 saturated carbocycles. The van der Waals surface area contributed by atoms with Crippen molar-refractivity contribution in [3.05, 3.63) is 206 Å². The maximum absolute atomic E-state index is 4.06. The largest absolute Gasteiger partial charge is 0.313 e. The van der Waals surface area contributed by atoms with E-state index < -0.39 is 0 Å². The second kappa shape index (κ2) is 15.2. The molecule has 0 fully saturated rings. The zero-order chi connectivity index (χ0) is 44.9. The summed E-state index contributed by atoms with van der Waals surface area (Å²) in [5.41, 5.74) is 27.7. The Bertz CT molecular complexity index is 3080. The van der Waals surface area contributed by atoms with Gasteiger partial charge in [0.15, 0.2) is 0 Å². The van der Waals surface area contributed by atoms with Crippen molar-refractivity contribution in [1.29, 1.82) is 0 Å². The molecule has 7 aromatic carbocycles. The fraction of sp³-hybridized carbons (Fsp3) is 0.246. The Morgan fingerprint density at radius 2 is 1.00 bits per heavy atom. The van der Waals surface area contributed by atoms with Gasteiger partial charge in [-0.3, -0.25) is 0 Å². The highest BCUT2D eigenvalue weighted by molar-refractivity contribution is 6.10. The van der Waals surface area contributed by atoms with Crippen LogP contribution in [0.1, 0.15) is 104 Å². The van der Waals surface area contributed by atoms with Gasteiger partial charge in [-0.2, -0.15) is 0 Å². The maximum atomic E-state index is 4.06. The number of hydrogen-bond donors (Lipinski definition) is 0. The van der Waals surface area contributed by atoms with Crippen molar-refractivity contribution in [2.24, 2.45) is 0 Å². The molecule has 0 atom stereocenters. The van der Waals surface area contributed by atoms with E-state index in [2.05, 4.69) is 228 Å². The molecule has 0 radical (unpaired) electrons. The molecule has 0 aromatic heterocycles. The quantitative estimate of drug-likeness (QED) is 0.141. The Morgan fingerprint density at radius 3 is 1.57 bits per heavy atom. The van der Waals surface area contributed by atoms with Crippen LogP contribution in [0.5, 0.6) is 0 Å². The Hall–Kier alpha value is -6.38. The van der Waals surface area contributed by atoms with E-state index in [1.165, 1.54) is 128 Å². The Kier molecular flexibility index (Phi) is 10.1. The lowest BCUT2D eigenvalue weighted by atomic mass is 9.79. The summed E-state index contributed by atoms with van der Waals surface area (Å²) in [6, 6.07) is 44.5. The highest BCUT2D eigenvalue weighted by Gasteiger charge is 2.43. The molecule has 0 spiro atoms. The fourth-order valence-corrected chi connectivity index (χ4v) is 10.9. The van der Waals surface area contributed by atoms with Gasteiger partial charge >= 0.3 is 0 Å². The van der Waals surface area contributed by atoms with Crippen LogP contribution in [0.3, 0.4) is 0 Å². The normalized spacial score (nSPS) is 14.8. The molecule has 0 saturated heterocycles. The van der Waals surface area contributed by atoms with Gasteiger partial charge in [-0.25, -0.2) is 0 Å². The van der Waals surface area contributed by atoms with E-state index in [1.54, 1.807) is 0 Å². The fourth-order valence-electron chi connectivity index (χ4n) is 10.9. The summed E-state index contributed by atoms with van der Waals surface area (Å²) in [5, 5.41) is 2.55. The minimum absolute atomic E-state index is 0.217. The van der Waals surface area contributed by atoms with E-state index in [0.29, 0.717) is 0 Å². The number of aryl methyl sites for hydroxylation is 6. The summed E-state index contributed by atoms with van der Waals surface area (Å²) in [4.78, 5) is 4.98. The van der Waals surface area contributed by atoms with E-state index in [4.69, 9.17) is 0 Å². The first-order chi connectivity index (χ1) is 29.9. The van der Waals surface area contributed by atoms with E-state index in [1.807, 2.05) is 6.08 Å². The van der Waals surface area contributed by atoms with Gasteiger partial charge in [0.1, 0.15) is 0 Å². The molecule has 7 aromatic rings. The number of benzene rings is 7. The predicted molar refractivity (Wildman–Crippen MR) is 273 cm³/mol. The molecule has 0 heterocycles. The molecule has 2 aliphatic carbocycles. The van der Waals surface area contributed by atoms with Crippen LogP contribution < -0.4 is 9.80 Å². The van der Waals surface area contributed by atoms with Crippen molar-refractivity contribution < 1.29 is 0 Å². The van der Waals surface area contributed by atoms with Crippen LogP contribution >= 0.6 is 0 Å². The summed E-state index contributed by atoms with van der Waals surface area (Å²) in [5.74, 6) is 0. The lowest BCUT2D eigenvalue weighted by Crippen LogP contribution is -2.20. The van der Waals surface area contributed by atoms with Gasteiger partial charge in [-0.15, -0.1) is 0 Å². The molecule has 0 bridgehead atoms. The van der Waals surface area contributed by atoms with Crippen molar-refractivity contribution in [3.8, 4) is 22.3 Å². The van der Waals surface area contributed by atoms with Gasteiger partial charge in [0, 0.05) is 44.7 Å². The Labute approximate surface area is 377 Å². The first-order valence-corrected chi connectivity index (χ1v) is 22.6. The summed E-state index contributed by atoms with van der Waals surface area (Å²) in [6.45, 7) is 33.6. The van der Waals surface area contributed by atoms with Crippen LogP contribution in [0.2, 0.25) is 0 Å². The van der Waals surface area contributed by atoms with Gasteiger partial charge < -0.3 is 9.80 Å². The summed E-state index contributed by atoms with van der Waals surface area (Å²) in [7, 11) is 0. The van der Waals surface area contributed by atoms with Crippen molar-refractivity contribution >= 4 is 39.2 Å². The molecule has 0 aliphatic heterocycles. The Balaban J connectivity index is 1.23. The van der Waals surface area contributed by atoms with Crippen LogP contribution in [-0.4, -0.2) is 0 Å². The monoisotopic (exact) mass is 822 g/mol. The number of nitrogens with zero attached hydrogens (tertiary/aromatic N) is 2. The SMILES string of the molecule is C=C/C(C)=C\C(C)=C(/C)N(c1ccc(C)cc1C)c1cc2c(c3ccccc13)-c1cc3c(cc1C2(C)C)-c1ccc(N(c2ccc(C)cc2C)c2ccc(C)cc2C)cc1C3(C)C. The number of allylic oxidation sites excluding steroid dienone is 5. The third-order valence-corrected chi connectivity index (χ3v) is 14.4. The van der Waals surface area contributed by atoms with E-state index in [0.717, 1.165) is 5.57 Å². The predicted octanol–water partition coefficient (Wildman–Crippen LogP) is 17.3. The first-order valence-electron chi connectivity index (χ1n) is 22.6. The number of hydrogen-bond acceptors (Lipinski definition) is 2. The van der Waals surface area contributed by atoms with E-state index in [9.17, 15) is 0 Å². The van der Waals surface area contributed by atoms with Crippen molar-refractivity contribution in [3.63, 3.8) is 0 Å². The standard InChI is InChI=1S/C61H62N2/c1-15-36(2)28-40(6)44(10)62(55-25-20-37(3)29-41(55)7)58-35-54-59(48-19-17-16-18-47(48)58)50-34-52-49(33-53(50)61(54,13)14)46-24-23-45(32-51(46)60(52,11)12)63(56-26-21-38(4)30-42(56)8)57-27-22-39(5)31-43(57)9/h15-35H,1H2,2-14H3/b36-28-,44-40+. The van der Waals surface area contributed by atoms with Gasteiger partial charge in [0.25, 0.3) is 0 Å². The molecule has 2 nitrogen and oxygen atoms in total. The summed E-state index contributed by atoms with van der Waals surface area (Å²) >= 11 is 0. The topological polar surface area (TPSA) is 6.48 Å². The lowest BCUT2D eigenvalue weighted by molar-refractivity contribution is 0.652. The van der Waals surface area contributed by atoms with Gasteiger partial charge in [0.05, 0.1) is 5.69 Å². The molecule has 0 amide bonds. The van der Waals surface area contributed by atoms with E-state index in [-0.39, 0.29) is 10.8 Å². The highest BCUT2D eigenvalue weighted by atomic mass is 15.2. The van der Waals surface area contributed by atoms with Crippen LogP contribution in [0.15, 0.2) is 151 Å². The zero-order valence-electron chi connectivity index (χ0n) is 39.7. The minimum atomic E-state index is -0.242. The maximum Gasteiger partial charge on any atom is 0.0540 e. The van der Waals surface area contributed by atoms with Gasteiger partial charge in [-0.1, -0.05) is 135 Å². The number of anilines is 5. The van der Waals surface area contributed by atoms with Gasteiger partial charge in [-0.05, 0) is 183 Å². The average Bonchev–Trinajstić information content (AvgIpc) is 3.60. The molecular weight excluding hydrogens is 761 g/mol. The van der Waals surface area contributed by atoms with Gasteiger partial charge in [0.2, 0.25) is 0 Å². The van der Waals surface area contributed by atoms with Crippen molar-refractivity contribution in [1.82, 2.24) is 0 Å². The summed E-state index contributed by atoms with van der Waals surface area (Å²) < 4.78 is 0. The Morgan fingerprint density at radius 1 is 0.492 bits per heavy atom. The molecule has 9 rings (SSSR count). The lowest BCUT2D eigenvalue weighted by Gasteiger charge is -2.32. The first kappa shape index (κ1) is 41.9. The minimum Gasteiger partial charge on any atom is -0.313 e. The molecule has 0 N–H and O–H groups in total. The van der Waals surface area contributed by atoms with Crippen LogP contribution in [0.4, 0.5) is 28.4 Å². The molecule has 316 valence electrons. The van der Waals surface area contributed by atoms with Crippen LogP contribution in [-0.2, 0) is 10.8 Å². The third-order valence-electron chi connectivity index (χ3n) is 14.4. The second-order valence-electron chi connectivity index (χ2n) is 19.7. The van der Waals surface area contributed by atoms with Crippen LogP contribution in [0, 0.1) is 41.5 Å². The van der Waals surface area contributed by atoms with Crippen molar-refractivity contribution in [2.45, 2.75) is 101 Å². The average molecular weight is 823 g/mol. The smallest absolute Gasteiger partial charge is 0.0540 e. The molecular formula is C61H62N2. The third kappa shape index (κ3) is 6.69. The van der Waals surface area contributed by atoms with Crippen LogP contribution in [0.25, 0.3) is 33.0 Å².